The highest BCUT2D eigenvalue weighted by molar-refractivity contribution is 5.84. The highest BCUT2D eigenvalue weighted by atomic mass is 16.5. The van der Waals surface area contributed by atoms with E-state index >= 15 is 0 Å². The Hall–Kier alpha value is -0.910. The summed E-state index contributed by atoms with van der Waals surface area (Å²) in [5.41, 5.74) is -0.117. The highest BCUT2D eigenvalue weighted by Crippen LogP contribution is 1.87. The van der Waals surface area contributed by atoms with Gasteiger partial charge in [0.05, 0.1) is 25.8 Å². The second kappa shape index (κ2) is 7.20. The van der Waals surface area contributed by atoms with E-state index in [1.54, 1.807) is 0 Å². The van der Waals surface area contributed by atoms with Gasteiger partial charge in [0.25, 0.3) is 0 Å². The molecule has 0 radical (unpaired) electrons. The minimum Gasteiger partial charge on any atom is -0.545 e. The highest BCUT2D eigenvalue weighted by Gasteiger charge is 1.93. The van der Waals surface area contributed by atoms with E-state index in [1.807, 2.05) is 0 Å². The Morgan fingerprint density at radius 3 is 2.55 bits per heavy atom. The Balaban J connectivity index is 0. The smallest absolute Gasteiger partial charge is 0.0729 e. The first-order valence-electron chi connectivity index (χ1n) is 2.76. The summed E-state index contributed by atoms with van der Waals surface area (Å²) in [6.45, 7) is 3.06. The Morgan fingerprint density at radius 2 is 2.18 bits per heavy atom. The van der Waals surface area contributed by atoms with Crippen LogP contribution >= 0.6 is 0 Å². The normalized spacial score (nSPS) is 8.45. The van der Waals surface area contributed by atoms with E-state index in [-0.39, 0.29) is 31.5 Å². The molecule has 0 saturated heterocycles. The lowest BCUT2D eigenvalue weighted by atomic mass is 10.3. The van der Waals surface area contributed by atoms with Gasteiger partial charge in [0.15, 0.2) is 0 Å². The maximum Gasteiger partial charge on any atom is 0.0729 e. The zero-order chi connectivity index (χ0) is 7.98. The van der Waals surface area contributed by atoms with Crippen LogP contribution in [-0.4, -0.2) is 30.9 Å². The number of hydrogen-bond donors (Lipinski definition) is 2. The average molecular weight is 163 g/mol. The number of hydrogen-bond acceptors (Lipinski definition) is 4. The molecule has 0 aromatic carbocycles. The molecule has 0 atom stereocenters. The van der Waals surface area contributed by atoms with Crippen molar-refractivity contribution in [2.24, 2.45) is 0 Å². The number of carboxylic acids is 1. The fourth-order valence-electron chi connectivity index (χ4n) is 0.319. The maximum atomic E-state index is 9.94. The fourth-order valence-corrected chi connectivity index (χ4v) is 0.319. The van der Waals surface area contributed by atoms with Crippen LogP contribution in [-0.2, 0) is 9.53 Å². The lowest BCUT2D eigenvalue weighted by molar-refractivity contribution is -0.299. The Kier molecular flexibility index (Phi) is 8.34. The Bertz CT molecular complexity index is 135. The average Bonchev–Trinajstić information content (AvgIpc) is 1.88. The van der Waals surface area contributed by atoms with E-state index in [0.717, 1.165) is 0 Å². The molecular formula is C6H13NO4. The van der Waals surface area contributed by atoms with Crippen LogP contribution in [0.1, 0.15) is 0 Å². The van der Waals surface area contributed by atoms with E-state index in [4.69, 9.17) is 5.11 Å². The van der Waals surface area contributed by atoms with Gasteiger partial charge in [-0.2, -0.15) is 0 Å². The largest absolute Gasteiger partial charge is 0.545 e. The minimum absolute atomic E-state index is 0. The summed E-state index contributed by atoms with van der Waals surface area (Å²) >= 11 is 0. The van der Waals surface area contributed by atoms with Gasteiger partial charge in [-0.05, 0) is 5.57 Å². The number of carboxylic acid groups (broad SMARTS) is 1. The maximum absolute atomic E-state index is 9.94. The molecule has 5 nitrogen and oxygen atoms in total. The standard InChI is InChI=1S/C6H10O4.H3N/c1-5(6(8)9)4-10-3-2-7;/h7H,1-4H2,(H,8,9);1H3. The van der Waals surface area contributed by atoms with Gasteiger partial charge >= 0.3 is 0 Å². The third-order valence-corrected chi connectivity index (χ3v) is 0.801. The molecule has 0 amide bonds. The van der Waals surface area contributed by atoms with Crippen LogP contribution in [0.2, 0.25) is 0 Å². The van der Waals surface area contributed by atoms with Crippen molar-refractivity contribution in [3.8, 4) is 0 Å². The molecule has 0 saturated carbocycles. The van der Waals surface area contributed by atoms with Gasteiger partial charge in [0.2, 0.25) is 0 Å². The van der Waals surface area contributed by atoms with Crippen LogP contribution in [0.15, 0.2) is 12.2 Å². The predicted octanol–water partition coefficient (Wildman–Crippen LogP) is -1.32. The second-order valence-electron chi connectivity index (χ2n) is 1.67. The van der Waals surface area contributed by atoms with Crippen molar-refractivity contribution in [1.82, 2.24) is 6.15 Å². The molecule has 0 aliphatic rings. The third kappa shape index (κ3) is 6.98. The summed E-state index contributed by atoms with van der Waals surface area (Å²) in [6, 6.07) is 0. The molecule has 5 heteroatoms. The summed E-state index contributed by atoms with van der Waals surface area (Å²) in [6.07, 6.45) is 0. The quantitative estimate of drug-likeness (QED) is 0.387. The van der Waals surface area contributed by atoms with Gasteiger partial charge < -0.3 is 25.9 Å². The number of aliphatic carboxylic acids is 1. The molecule has 0 bridgehead atoms. The van der Waals surface area contributed by atoms with Gasteiger partial charge in [-0.3, -0.25) is 0 Å². The van der Waals surface area contributed by atoms with E-state index < -0.39 is 5.97 Å². The first-order chi connectivity index (χ1) is 4.68. The van der Waals surface area contributed by atoms with Crippen molar-refractivity contribution in [2.75, 3.05) is 19.8 Å². The molecule has 66 valence electrons. The molecule has 0 aromatic rings. The monoisotopic (exact) mass is 163 g/mol. The molecule has 0 spiro atoms. The lowest BCUT2D eigenvalue weighted by Crippen LogP contribution is -2.26. The zero-order valence-corrected chi connectivity index (χ0v) is 6.50. The second-order valence-corrected chi connectivity index (χ2v) is 1.67. The molecule has 0 fully saturated rings. The first-order valence-corrected chi connectivity index (χ1v) is 2.76. The Morgan fingerprint density at radius 1 is 1.64 bits per heavy atom. The predicted molar refractivity (Wildman–Crippen MR) is 38.0 cm³/mol. The fraction of sp³-hybridized carbons (Fsp3) is 0.500. The van der Waals surface area contributed by atoms with E-state index in [1.165, 1.54) is 0 Å². The van der Waals surface area contributed by atoms with Crippen molar-refractivity contribution in [3.05, 3.63) is 12.2 Å². The number of carbonyl (C=O) groups excluding carboxylic acids is 1. The molecular weight excluding hydrogens is 150 g/mol. The number of aliphatic hydroxyl groups excluding tert-OH is 1. The number of carbonyl (C=O) groups is 1. The van der Waals surface area contributed by atoms with Crippen molar-refractivity contribution < 1.29 is 19.7 Å². The molecule has 0 unspecified atom stereocenters. The molecule has 11 heavy (non-hydrogen) atoms. The summed E-state index contributed by atoms with van der Waals surface area (Å²) in [7, 11) is 0. The van der Waals surface area contributed by atoms with Crippen LogP contribution in [0.4, 0.5) is 0 Å². The van der Waals surface area contributed by atoms with Gasteiger partial charge in [0, 0.05) is 0 Å². The van der Waals surface area contributed by atoms with Crippen LogP contribution in [0, 0.1) is 0 Å². The van der Waals surface area contributed by atoms with Crippen LogP contribution in [0.25, 0.3) is 0 Å². The van der Waals surface area contributed by atoms with Gasteiger partial charge in [-0.1, -0.05) is 6.58 Å². The van der Waals surface area contributed by atoms with Crippen molar-refractivity contribution in [3.63, 3.8) is 0 Å². The van der Waals surface area contributed by atoms with Crippen molar-refractivity contribution >= 4 is 5.97 Å². The molecule has 0 aliphatic heterocycles. The molecule has 0 aliphatic carbocycles. The minimum atomic E-state index is -1.32. The van der Waals surface area contributed by atoms with Crippen molar-refractivity contribution in [1.29, 1.82) is 0 Å². The number of aliphatic hydroxyl groups is 1. The van der Waals surface area contributed by atoms with Gasteiger partial charge in [-0.25, -0.2) is 0 Å². The molecule has 0 aromatic heterocycles. The number of ether oxygens (including phenoxy) is 1. The number of rotatable bonds is 5. The lowest BCUT2D eigenvalue weighted by Gasteiger charge is -2.05. The van der Waals surface area contributed by atoms with E-state index in [9.17, 15) is 9.90 Å². The van der Waals surface area contributed by atoms with Gasteiger partial charge in [-0.15, -0.1) is 0 Å². The van der Waals surface area contributed by atoms with E-state index in [0.29, 0.717) is 0 Å². The Labute approximate surface area is 64.9 Å². The molecule has 5 N–H and O–H groups in total. The molecule has 0 rings (SSSR count). The van der Waals surface area contributed by atoms with Crippen LogP contribution in [0.5, 0.6) is 0 Å². The summed E-state index contributed by atoms with van der Waals surface area (Å²) in [5.74, 6) is -1.32. The third-order valence-electron chi connectivity index (χ3n) is 0.801. The topological polar surface area (TPSA) is 106 Å². The number of quaternary nitrogens is 1. The summed E-state index contributed by atoms with van der Waals surface area (Å²) in [5, 5.41) is 18.1. The first kappa shape index (κ1) is 12.7. The SMILES string of the molecule is C=C(COCCO)C(=O)[O-].[NH4+]. The zero-order valence-electron chi connectivity index (χ0n) is 6.50. The van der Waals surface area contributed by atoms with Gasteiger partial charge in [0.1, 0.15) is 0 Å². The summed E-state index contributed by atoms with van der Waals surface area (Å²) in [4.78, 5) is 9.94. The summed E-state index contributed by atoms with van der Waals surface area (Å²) < 4.78 is 4.64. The van der Waals surface area contributed by atoms with E-state index in [2.05, 4.69) is 11.3 Å². The molecule has 0 heterocycles. The van der Waals surface area contributed by atoms with Crippen molar-refractivity contribution in [2.45, 2.75) is 0 Å². The van der Waals surface area contributed by atoms with Crippen LogP contribution < -0.4 is 11.3 Å². The van der Waals surface area contributed by atoms with Crippen LogP contribution in [0.3, 0.4) is 0 Å².